The maximum Gasteiger partial charge on any atom is 0.270 e. The Balaban J connectivity index is 0.00000128. The minimum Gasteiger partial charge on any atom is -0.302 e. The molecule has 1 N–H and O–H groups in total. The zero-order valence-electron chi connectivity index (χ0n) is 8.77. The lowest BCUT2D eigenvalue weighted by molar-refractivity contribution is -0.0560. The third kappa shape index (κ3) is 1.92. The molecule has 0 amide bonds. The van der Waals surface area contributed by atoms with Crippen molar-refractivity contribution < 1.29 is 13.2 Å². The third-order valence-corrected chi connectivity index (χ3v) is 3.05. The van der Waals surface area contributed by atoms with Crippen LogP contribution >= 0.6 is 12.4 Å². The molecule has 1 nitrogen and oxygen atoms in total. The lowest BCUT2D eigenvalue weighted by Crippen LogP contribution is -2.46. The second-order valence-electron chi connectivity index (χ2n) is 4.02. The van der Waals surface area contributed by atoms with Crippen molar-refractivity contribution >= 4 is 12.4 Å². The molecule has 1 saturated heterocycles. The predicted molar refractivity (Wildman–Crippen MR) is 58.6 cm³/mol. The molecule has 0 radical (unpaired) electrons. The van der Waals surface area contributed by atoms with Crippen LogP contribution in [0.1, 0.15) is 18.9 Å². The fourth-order valence-electron chi connectivity index (χ4n) is 1.96. The molecule has 1 aliphatic rings. The molecular formula is C11H13ClF3N. The summed E-state index contributed by atoms with van der Waals surface area (Å²) in [6.45, 7) is 1.66. The lowest BCUT2D eigenvalue weighted by atomic mass is 9.87. The first kappa shape index (κ1) is 13.3. The average molecular weight is 252 g/mol. The molecule has 1 atom stereocenters. The van der Waals surface area contributed by atoms with E-state index in [0.717, 1.165) is 6.07 Å². The molecule has 1 aliphatic heterocycles. The van der Waals surface area contributed by atoms with Crippen LogP contribution in [-0.2, 0) is 5.54 Å². The van der Waals surface area contributed by atoms with Gasteiger partial charge >= 0.3 is 0 Å². The minimum absolute atomic E-state index is 0. The molecule has 0 aromatic heterocycles. The fourth-order valence-corrected chi connectivity index (χ4v) is 1.96. The van der Waals surface area contributed by atoms with Crippen molar-refractivity contribution in [2.75, 3.05) is 6.54 Å². The Morgan fingerprint density at radius 3 is 2.50 bits per heavy atom. The summed E-state index contributed by atoms with van der Waals surface area (Å²) in [5.74, 6) is -3.32. The number of rotatable bonds is 1. The molecule has 0 saturated carbocycles. The van der Waals surface area contributed by atoms with E-state index in [4.69, 9.17) is 0 Å². The van der Waals surface area contributed by atoms with Gasteiger partial charge in [0, 0.05) is 13.0 Å². The van der Waals surface area contributed by atoms with Crippen molar-refractivity contribution in [2.45, 2.75) is 24.8 Å². The van der Waals surface area contributed by atoms with Crippen molar-refractivity contribution in [1.82, 2.24) is 5.32 Å². The summed E-state index contributed by atoms with van der Waals surface area (Å²) in [7, 11) is 0. The first-order valence-electron chi connectivity index (χ1n) is 4.85. The Kier molecular flexibility index (Phi) is 3.55. The van der Waals surface area contributed by atoms with Gasteiger partial charge in [0.05, 0.1) is 0 Å². The summed E-state index contributed by atoms with van der Waals surface area (Å²) >= 11 is 0. The topological polar surface area (TPSA) is 12.0 Å². The van der Waals surface area contributed by atoms with Crippen LogP contribution in [0.4, 0.5) is 13.2 Å². The van der Waals surface area contributed by atoms with Crippen LogP contribution in [0, 0.1) is 5.82 Å². The summed E-state index contributed by atoms with van der Waals surface area (Å²) in [5.41, 5.74) is -1.15. The van der Waals surface area contributed by atoms with Crippen LogP contribution in [0.15, 0.2) is 24.3 Å². The van der Waals surface area contributed by atoms with Gasteiger partial charge in [-0.2, -0.15) is 0 Å². The monoisotopic (exact) mass is 251 g/mol. The quantitative estimate of drug-likeness (QED) is 0.809. The molecular weight excluding hydrogens is 239 g/mol. The highest BCUT2D eigenvalue weighted by atomic mass is 35.5. The largest absolute Gasteiger partial charge is 0.302 e. The highest BCUT2D eigenvalue weighted by molar-refractivity contribution is 5.85. The van der Waals surface area contributed by atoms with Gasteiger partial charge in [-0.15, -0.1) is 12.4 Å². The molecule has 1 fully saturated rings. The molecule has 90 valence electrons. The van der Waals surface area contributed by atoms with Gasteiger partial charge in [0.15, 0.2) is 0 Å². The van der Waals surface area contributed by atoms with Gasteiger partial charge < -0.3 is 5.32 Å². The van der Waals surface area contributed by atoms with Gasteiger partial charge in [-0.25, -0.2) is 13.2 Å². The first-order chi connectivity index (χ1) is 6.96. The molecule has 2 rings (SSSR count). The molecule has 0 spiro atoms. The van der Waals surface area contributed by atoms with E-state index < -0.39 is 17.3 Å². The van der Waals surface area contributed by atoms with E-state index in [1.165, 1.54) is 25.1 Å². The fraction of sp³-hybridized carbons (Fsp3) is 0.455. The normalized spacial score (nSPS) is 27.5. The van der Waals surface area contributed by atoms with E-state index in [-0.39, 0.29) is 25.4 Å². The number of alkyl halides is 2. The Morgan fingerprint density at radius 2 is 2.00 bits per heavy atom. The summed E-state index contributed by atoms with van der Waals surface area (Å²) in [4.78, 5) is 0. The van der Waals surface area contributed by atoms with Crippen LogP contribution in [0.25, 0.3) is 0 Å². The van der Waals surface area contributed by atoms with Gasteiger partial charge in [-0.1, -0.05) is 12.1 Å². The number of benzene rings is 1. The lowest BCUT2D eigenvalue weighted by Gasteiger charge is -2.31. The van der Waals surface area contributed by atoms with Crippen molar-refractivity contribution in [1.29, 1.82) is 0 Å². The van der Waals surface area contributed by atoms with Crippen molar-refractivity contribution in [3.05, 3.63) is 35.6 Å². The molecule has 1 unspecified atom stereocenters. The van der Waals surface area contributed by atoms with Gasteiger partial charge in [0.2, 0.25) is 0 Å². The first-order valence-corrected chi connectivity index (χ1v) is 4.85. The molecule has 5 heteroatoms. The highest BCUT2D eigenvalue weighted by Gasteiger charge is 2.54. The molecule has 16 heavy (non-hydrogen) atoms. The van der Waals surface area contributed by atoms with E-state index in [1.807, 2.05) is 0 Å². The van der Waals surface area contributed by atoms with Crippen LogP contribution in [0.2, 0.25) is 0 Å². The molecule has 0 bridgehead atoms. The number of hydrogen-bond acceptors (Lipinski definition) is 1. The van der Waals surface area contributed by atoms with Crippen molar-refractivity contribution in [3.63, 3.8) is 0 Å². The van der Waals surface area contributed by atoms with E-state index in [2.05, 4.69) is 5.32 Å². The maximum absolute atomic E-state index is 13.6. The number of halogens is 4. The van der Waals surface area contributed by atoms with Crippen LogP contribution in [0.5, 0.6) is 0 Å². The second-order valence-corrected chi connectivity index (χ2v) is 4.02. The number of nitrogens with one attached hydrogen (secondary N) is 1. The zero-order chi connectivity index (χ0) is 11.1. The Morgan fingerprint density at radius 1 is 1.31 bits per heavy atom. The van der Waals surface area contributed by atoms with Crippen molar-refractivity contribution in [2.24, 2.45) is 0 Å². The summed E-state index contributed by atoms with van der Waals surface area (Å²) in [5, 5.41) is 2.75. The zero-order valence-corrected chi connectivity index (χ0v) is 9.58. The SMILES string of the molecule is CC1(c2cccc(F)c2)NCCC1(F)F.Cl. The number of hydrogen-bond donors (Lipinski definition) is 1. The average Bonchev–Trinajstić information content (AvgIpc) is 2.43. The molecule has 0 aliphatic carbocycles. The Hall–Kier alpha value is -0.740. The second kappa shape index (κ2) is 4.26. The summed E-state index contributed by atoms with van der Waals surface area (Å²) < 4.78 is 40.2. The van der Waals surface area contributed by atoms with Gasteiger partial charge in [-0.3, -0.25) is 0 Å². The summed E-state index contributed by atoms with van der Waals surface area (Å²) in [6.07, 6.45) is -0.208. The molecule has 1 aromatic carbocycles. The van der Waals surface area contributed by atoms with Gasteiger partial charge in [-0.05, 0) is 24.6 Å². The maximum atomic E-state index is 13.6. The smallest absolute Gasteiger partial charge is 0.270 e. The Bertz CT molecular complexity index is 383. The van der Waals surface area contributed by atoms with E-state index in [0.29, 0.717) is 5.56 Å². The van der Waals surface area contributed by atoms with Crippen LogP contribution in [0.3, 0.4) is 0 Å². The van der Waals surface area contributed by atoms with Crippen LogP contribution in [-0.4, -0.2) is 12.5 Å². The van der Waals surface area contributed by atoms with Crippen molar-refractivity contribution in [3.8, 4) is 0 Å². The molecule has 1 heterocycles. The highest BCUT2D eigenvalue weighted by Crippen LogP contribution is 2.43. The van der Waals surface area contributed by atoms with Gasteiger partial charge in [0.1, 0.15) is 11.4 Å². The van der Waals surface area contributed by atoms with E-state index in [1.54, 1.807) is 0 Å². The van der Waals surface area contributed by atoms with Gasteiger partial charge in [0.25, 0.3) is 5.92 Å². The van der Waals surface area contributed by atoms with Crippen LogP contribution < -0.4 is 5.32 Å². The van der Waals surface area contributed by atoms with E-state index in [9.17, 15) is 13.2 Å². The van der Waals surface area contributed by atoms with E-state index >= 15 is 0 Å². The molecule has 1 aromatic rings. The summed E-state index contributed by atoms with van der Waals surface area (Å²) in [6, 6.07) is 5.38. The minimum atomic E-state index is -2.83. The standard InChI is InChI=1S/C11H12F3N.ClH/c1-10(11(13,14)5-6-15-10)8-3-2-4-9(12)7-8;/h2-4,7,15H,5-6H2,1H3;1H. The predicted octanol–water partition coefficient (Wildman–Crippen LogP) is 3.09. The third-order valence-electron chi connectivity index (χ3n) is 3.05. The Labute approximate surface area is 98.4 Å².